The van der Waals surface area contributed by atoms with Crippen LogP contribution < -0.4 is 21.5 Å². The summed E-state index contributed by atoms with van der Waals surface area (Å²) < 4.78 is 0. The predicted octanol–water partition coefficient (Wildman–Crippen LogP) is 4.23. The average molecular weight is 438 g/mol. The van der Waals surface area contributed by atoms with Crippen LogP contribution in [0, 0.1) is 6.92 Å². The highest BCUT2D eigenvalue weighted by molar-refractivity contribution is 7.98. The maximum absolute atomic E-state index is 12.5. The van der Waals surface area contributed by atoms with Gasteiger partial charge in [-0.25, -0.2) is 4.79 Å². The molecule has 1 heterocycles. The Kier molecular flexibility index (Phi) is 8.26. The van der Waals surface area contributed by atoms with Gasteiger partial charge in [0.25, 0.3) is 5.56 Å². The number of benzene rings is 2. The number of nitrogens with zero attached hydrogens (tertiary/aromatic N) is 1. The van der Waals surface area contributed by atoms with E-state index in [0.717, 1.165) is 42.0 Å². The van der Waals surface area contributed by atoms with Gasteiger partial charge in [0.1, 0.15) is 0 Å². The van der Waals surface area contributed by atoms with Crippen LogP contribution in [0.1, 0.15) is 17.5 Å². The van der Waals surface area contributed by atoms with Crippen LogP contribution in [-0.4, -0.2) is 34.6 Å². The van der Waals surface area contributed by atoms with Crippen molar-refractivity contribution in [1.29, 1.82) is 0 Å². The van der Waals surface area contributed by atoms with E-state index in [1.807, 2.05) is 61.2 Å². The minimum Gasteiger partial charge on any atom is -0.331 e. The molecular weight excluding hydrogens is 410 g/mol. The van der Waals surface area contributed by atoms with Crippen molar-refractivity contribution in [2.45, 2.75) is 19.9 Å². The number of anilines is 2. The summed E-state index contributed by atoms with van der Waals surface area (Å²) in [5, 5.41) is 8.71. The fraction of sp³-hybridized carbons (Fsp3) is 0.261. The summed E-state index contributed by atoms with van der Waals surface area (Å²) >= 11 is 1.85. The molecule has 0 aliphatic rings. The van der Waals surface area contributed by atoms with E-state index < -0.39 is 11.6 Å². The number of rotatable bonds is 9. The van der Waals surface area contributed by atoms with Crippen molar-refractivity contribution in [3.05, 3.63) is 76.2 Å². The summed E-state index contributed by atoms with van der Waals surface area (Å²) in [7, 11) is 0. The number of aryl methyl sites for hydroxylation is 1. The molecule has 3 rings (SSSR count). The van der Waals surface area contributed by atoms with Crippen LogP contribution in [0.25, 0.3) is 11.1 Å². The minimum absolute atomic E-state index is 0.0888. The molecule has 0 bridgehead atoms. The minimum atomic E-state index is -0.473. The maximum Gasteiger partial charge on any atom is 0.326 e. The molecule has 0 saturated heterocycles. The summed E-state index contributed by atoms with van der Waals surface area (Å²) in [6, 6.07) is 14.8. The molecule has 0 spiro atoms. The first-order valence-electron chi connectivity index (χ1n) is 10.1. The van der Waals surface area contributed by atoms with Crippen molar-refractivity contribution in [3.8, 4) is 11.1 Å². The first-order valence-corrected chi connectivity index (χ1v) is 11.5. The molecule has 0 saturated carbocycles. The summed E-state index contributed by atoms with van der Waals surface area (Å²) in [4.78, 5) is 31.5. The highest BCUT2D eigenvalue weighted by Crippen LogP contribution is 2.16. The summed E-state index contributed by atoms with van der Waals surface area (Å²) in [6.45, 7) is 3.68. The topological polar surface area (TPSA) is 98.9 Å². The lowest BCUT2D eigenvalue weighted by Crippen LogP contribution is -2.23. The Hall–Kier alpha value is -3.10. The number of aromatic amines is 1. The zero-order valence-corrected chi connectivity index (χ0v) is 18.5. The first kappa shape index (κ1) is 22.6. The Bertz CT molecular complexity index is 1070. The standard InChI is InChI=1S/C23H27N5O2S/c1-16-6-3-4-7-20(16)26-23(30)28-22-25-15-19(21(29)27-22)18-10-8-17(9-11-18)14-24-12-5-13-31-2/h3-4,6-11,15,24H,5,12-14H2,1-2H3,(H3,25,26,27,28,29,30). The molecule has 0 aliphatic carbocycles. The van der Waals surface area contributed by atoms with Crippen molar-refractivity contribution < 1.29 is 4.79 Å². The van der Waals surface area contributed by atoms with E-state index in [-0.39, 0.29) is 5.95 Å². The molecule has 31 heavy (non-hydrogen) atoms. The molecule has 7 nitrogen and oxygen atoms in total. The van der Waals surface area contributed by atoms with Crippen LogP contribution in [0.2, 0.25) is 0 Å². The summed E-state index contributed by atoms with van der Waals surface area (Å²) in [5.74, 6) is 1.24. The van der Waals surface area contributed by atoms with E-state index >= 15 is 0 Å². The molecule has 4 N–H and O–H groups in total. The monoisotopic (exact) mass is 437 g/mol. The second-order valence-corrected chi connectivity index (χ2v) is 8.07. The number of urea groups is 1. The fourth-order valence-electron chi connectivity index (χ4n) is 3.02. The second-order valence-electron chi connectivity index (χ2n) is 7.08. The molecule has 8 heteroatoms. The van der Waals surface area contributed by atoms with Crippen LogP contribution in [-0.2, 0) is 6.54 Å². The Morgan fingerprint density at radius 1 is 1.10 bits per heavy atom. The molecule has 0 unspecified atom stereocenters. The lowest BCUT2D eigenvalue weighted by molar-refractivity contribution is 0.262. The highest BCUT2D eigenvalue weighted by atomic mass is 32.2. The van der Waals surface area contributed by atoms with E-state index in [2.05, 4.69) is 32.2 Å². The molecule has 0 radical (unpaired) electrons. The molecule has 2 amide bonds. The van der Waals surface area contributed by atoms with Crippen LogP contribution in [0.15, 0.2) is 59.5 Å². The average Bonchev–Trinajstić information content (AvgIpc) is 2.76. The van der Waals surface area contributed by atoms with Gasteiger partial charge in [-0.1, -0.05) is 42.5 Å². The van der Waals surface area contributed by atoms with Crippen molar-refractivity contribution >= 4 is 29.4 Å². The molecule has 2 aromatic carbocycles. The van der Waals surface area contributed by atoms with Gasteiger partial charge in [0, 0.05) is 18.4 Å². The van der Waals surface area contributed by atoms with Crippen molar-refractivity contribution in [3.63, 3.8) is 0 Å². The first-order chi connectivity index (χ1) is 15.1. The third-order valence-electron chi connectivity index (χ3n) is 4.72. The summed E-state index contributed by atoms with van der Waals surface area (Å²) in [6.07, 6.45) is 4.82. The molecule has 0 fully saturated rings. The molecule has 1 aromatic heterocycles. The largest absolute Gasteiger partial charge is 0.331 e. The van der Waals surface area contributed by atoms with Gasteiger partial charge in [-0.2, -0.15) is 16.7 Å². The Morgan fingerprint density at radius 3 is 2.58 bits per heavy atom. The molecule has 0 atom stereocenters. The normalized spacial score (nSPS) is 10.6. The quantitative estimate of drug-likeness (QED) is 0.376. The van der Waals surface area contributed by atoms with Gasteiger partial charge in [-0.05, 0) is 54.7 Å². The number of H-pyrrole nitrogens is 1. The third kappa shape index (κ3) is 6.70. The van der Waals surface area contributed by atoms with Gasteiger partial charge in [0.15, 0.2) is 0 Å². The number of nitrogens with one attached hydrogen (secondary N) is 4. The Morgan fingerprint density at radius 2 is 1.87 bits per heavy atom. The SMILES string of the molecule is CSCCCNCc1ccc(-c2c[nH]c(NC(=O)Nc3ccccc3C)nc2=O)cc1. The second kappa shape index (κ2) is 11.3. The highest BCUT2D eigenvalue weighted by Gasteiger charge is 2.09. The van der Waals surface area contributed by atoms with Crippen molar-refractivity contribution in [1.82, 2.24) is 15.3 Å². The van der Waals surface area contributed by atoms with Crippen molar-refractivity contribution in [2.75, 3.05) is 29.2 Å². The van der Waals surface area contributed by atoms with E-state index in [1.54, 1.807) is 12.3 Å². The number of carbonyl (C=O) groups is 1. The maximum atomic E-state index is 12.5. The van der Waals surface area contributed by atoms with Crippen LogP contribution in [0.5, 0.6) is 0 Å². The number of carbonyl (C=O) groups excluding carboxylic acids is 1. The van der Waals surface area contributed by atoms with Gasteiger partial charge in [-0.3, -0.25) is 10.1 Å². The number of aromatic nitrogens is 2. The lowest BCUT2D eigenvalue weighted by Gasteiger charge is -2.09. The molecule has 162 valence electrons. The van der Waals surface area contributed by atoms with Gasteiger partial charge < -0.3 is 15.6 Å². The predicted molar refractivity (Wildman–Crippen MR) is 129 cm³/mol. The van der Waals surface area contributed by atoms with Crippen LogP contribution >= 0.6 is 11.8 Å². The zero-order valence-electron chi connectivity index (χ0n) is 17.7. The van der Waals surface area contributed by atoms with Gasteiger partial charge >= 0.3 is 6.03 Å². The van der Waals surface area contributed by atoms with E-state index in [1.165, 1.54) is 0 Å². The van der Waals surface area contributed by atoms with Gasteiger partial charge in [0.05, 0.1) is 5.56 Å². The van der Waals surface area contributed by atoms with Crippen molar-refractivity contribution in [2.24, 2.45) is 0 Å². The third-order valence-corrected chi connectivity index (χ3v) is 5.42. The smallest absolute Gasteiger partial charge is 0.326 e. The number of amides is 2. The Labute approximate surface area is 186 Å². The fourth-order valence-corrected chi connectivity index (χ4v) is 3.45. The van der Waals surface area contributed by atoms with Crippen LogP contribution in [0.4, 0.5) is 16.4 Å². The van der Waals surface area contributed by atoms with E-state index in [9.17, 15) is 9.59 Å². The van der Waals surface area contributed by atoms with Gasteiger partial charge in [0.2, 0.25) is 5.95 Å². The number of thioether (sulfide) groups is 1. The van der Waals surface area contributed by atoms with E-state index in [4.69, 9.17) is 0 Å². The summed E-state index contributed by atoms with van der Waals surface area (Å²) in [5.41, 5.74) is 3.60. The number of hydrogen-bond acceptors (Lipinski definition) is 5. The van der Waals surface area contributed by atoms with E-state index in [0.29, 0.717) is 11.3 Å². The Balaban J connectivity index is 1.59. The zero-order chi connectivity index (χ0) is 22.1. The lowest BCUT2D eigenvalue weighted by atomic mass is 10.1. The molecular formula is C23H27N5O2S. The van der Waals surface area contributed by atoms with Gasteiger partial charge in [-0.15, -0.1) is 0 Å². The number of para-hydroxylation sites is 1. The van der Waals surface area contributed by atoms with Crippen LogP contribution in [0.3, 0.4) is 0 Å². The molecule has 3 aromatic rings. The number of hydrogen-bond donors (Lipinski definition) is 4. The molecule has 0 aliphatic heterocycles.